The maximum absolute atomic E-state index is 4.79. The molecule has 22 heavy (non-hydrogen) atoms. The van der Waals surface area contributed by atoms with E-state index < -0.39 is 8.07 Å². The summed E-state index contributed by atoms with van der Waals surface area (Å²) in [6.07, 6.45) is 9.09. The van der Waals surface area contributed by atoms with Gasteiger partial charge in [0.15, 0.2) is 0 Å². The SMILES string of the molecule is C[Si](C)(C)c1cnc(-c2ccccc2)cc1CC1CCCC1. The molecule has 1 aromatic heterocycles. The fourth-order valence-corrected chi connectivity index (χ4v) is 5.22. The zero-order valence-electron chi connectivity index (χ0n) is 14.1. The van der Waals surface area contributed by atoms with Crippen LogP contribution < -0.4 is 5.19 Å². The van der Waals surface area contributed by atoms with Gasteiger partial charge in [0.1, 0.15) is 0 Å². The first-order chi connectivity index (χ1) is 10.5. The summed E-state index contributed by atoms with van der Waals surface area (Å²) in [4.78, 5) is 4.79. The molecule has 0 atom stereocenters. The summed E-state index contributed by atoms with van der Waals surface area (Å²) >= 11 is 0. The Morgan fingerprint density at radius 1 is 1.05 bits per heavy atom. The van der Waals surface area contributed by atoms with Gasteiger partial charge in [0.25, 0.3) is 0 Å². The molecule has 2 heteroatoms. The van der Waals surface area contributed by atoms with Gasteiger partial charge in [0.05, 0.1) is 13.8 Å². The second-order valence-corrected chi connectivity index (χ2v) is 12.7. The van der Waals surface area contributed by atoms with Gasteiger partial charge in [-0.15, -0.1) is 0 Å². The zero-order chi connectivity index (χ0) is 15.6. The molecule has 1 aromatic carbocycles. The van der Waals surface area contributed by atoms with Crippen LogP contribution in [0.2, 0.25) is 19.6 Å². The van der Waals surface area contributed by atoms with E-state index in [1.807, 2.05) is 0 Å². The molecule has 0 aliphatic heterocycles. The number of pyridine rings is 1. The standard InChI is InChI=1S/C20H27NSi/c1-22(2,3)20-15-21-19(17-11-5-4-6-12-17)14-18(20)13-16-9-7-8-10-16/h4-6,11-12,14-16H,7-10,13H2,1-3H3. The van der Waals surface area contributed by atoms with Gasteiger partial charge in [-0.05, 0) is 29.2 Å². The van der Waals surface area contributed by atoms with Crippen molar-refractivity contribution in [2.45, 2.75) is 51.7 Å². The molecule has 3 rings (SSSR count). The minimum absolute atomic E-state index is 0.890. The van der Waals surface area contributed by atoms with Crippen LogP contribution in [0.25, 0.3) is 11.3 Å². The molecular formula is C20H27NSi. The summed E-state index contributed by atoms with van der Waals surface area (Å²) in [5, 5.41) is 1.55. The molecule has 0 amide bonds. The summed E-state index contributed by atoms with van der Waals surface area (Å²) in [5.74, 6) is 0.890. The van der Waals surface area contributed by atoms with E-state index in [0.29, 0.717) is 0 Å². The highest BCUT2D eigenvalue weighted by molar-refractivity contribution is 6.89. The van der Waals surface area contributed by atoms with E-state index in [4.69, 9.17) is 4.98 Å². The number of hydrogen-bond acceptors (Lipinski definition) is 1. The van der Waals surface area contributed by atoms with E-state index in [9.17, 15) is 0 Å². The maximum Gasteiger partial charge on any atom is 0.0799 e. The number of rotatable bonds is 4. The summed E-state index contributed by atoms with van der Waals surface area (Å²) < 4.78 is 0. The third-order valence-electron chi connectivity index (χ3n) is 4.85. The molecule has 0 saturated heterocycles. The third kappa shape index (κ3) is 3.49. The summed E-state index contributed by atoms with van der Waals surface area (Å²) in [5.41, 5.74) is 3.94. The van der Waals surface area contributed by atoms with Crippen molar-refractivity contribution in [3.8, 4) is 11.3 Å². The summed E-state index contributed by atoms with van der Waals surface area (Å²) in [6, 6.07) is 13.0. The van der Waals surface area contributed by atoms with Crippen molar-refractivity contribution < 1.29 is 0 Å². The van der Waals surface area contributed by atoms with Crippen molar-refractivity contribution in [3.05, 3.63) is 48.2 Å². The molecule has 1 aliphatic carbocycles. The quantitative estimate of drug-likeness (QED) is 0.722. The Bertz CT molecular complexity index is 622. The van der Waals surface area contributed by atoms with E-state index in [1.54, 1.807) is 10.8 Å². The molecule has 1 nitrogen and oxygen atoms in total. The van der Waals surface area contributed by atoms with Crippen LogP contribution in [0.15, 0.2) is 42.6 Å². The Morgan fingerprint density at radius 2 is 1.73 bits per heavy atom. The predicted octanol–water partition coefficient (Wildman–Crippen LogP) is 5.03. The van der Waals surface area contributed by atoms with Gasteiger partial charge >= 0.3 is 0 Å². The number of nitrogens with zero attached hydrogens (tertiary/aromatic N) is 1. The Labute approximate surface area is 135 Å². The summed E-state index contributed by atoms with van der Waals surface area (Å²) in [7, 11) is -1.34. The molecule has 0 unspecified atom stereocenters. The van der Waals surface area contributed by atoms with Gasteiger partial charge in [-0.1, -0.05) is 75.7 Å². The van der Waals surface area contributed by atoms with Crippen molar-refractivity contribution in [1.29, 1.82) is 0 Å². The molecule has 1 fully saturated rings. The second-order valence-electron chi connectivity index (χ2n) is 7.70. The van der Waals surface area contributed by atoms with Crippen LogP contribution in [0.5, 0.6) is 0 Å². The first-order valence-electron chi connectivity index (χ1n) is 8.59. The Morgan fingerprint density at radius 3 is 2.36 bits per heavy atom. The lowest BCUT2D eigenvalue weighted by Gasteiger charge is -2.23. The lowest BCUT2D eigenvalue weighted by molar-refractivity contribution is 0.547. The first kappa shape index (κ1) is 15.5. The summed E-state index contributed by atoms with van der Waals surface area (Å²) in [6.45, 7) is 7.30. The molecule has 0 radical (unpaired) electrons. The lowest BCUT2D eigenvalue weighted by Crippen LogP contribution is -2.41. The molecule has 1 saturated carbocycles. The highest BCUT2D eigenvalue weighted by Gasteiger charge is 2.24. The lowest BCUT2D eigenvalue weighted by atomic mass is 9.97. The fraction of sp³-hybridized carbons (Fsp3) is 0.450. The van der Waals surface area contributed by atoms with Crippen molar-refractivity contribution in [1.82, 2.24) is 4.98 Å². The number of aromatic nitrogens is 1. The van der Waals surface area contributed by atoms with Gasteiger partial charge in [0, 0.05) is 11.8 Å². The average Bonchev–Trinajstić information content (AvgIpc) is 3.00. The molecule has 1 heterocycles. The predicted molar refractivity (Wildman–Crippen MR) is 98.3 cm³/mol. The molecule has 1 aliphatic rings. The highest BCUT2D eigenvalue weighted by Crippen LogP contribution is 2.29. The fourth-order valence-electron chi connectivity index (χ4n) is 3.63. The van der Waals surface area contributed by atoms with Crippen molar-refractivity contribution in [2.24, 2.45) is 5.92 Å². The van der Waals surface area contributed by atoms with Crippen molar-refractivity contribution in [2.75, 3.05) is 0 Å². The van der Waals surface area contributed by atoms with Gasteiger partial charge in [0.2, 0.25) is 0 Å². The largest absolute Gasteiger partial charge is 0.256 e. The molecule has 0 spiro atoms. The minimum atomic E-state index is -1.34. The maximum atomic E-state index is 4.79. The van der Waals surface area contributed by atoms with Crippen LogP contribution in [-0.2, 0) is 6.42 Å². The minimum Gasteiger partial charge on any atom is -0.256 e. The number of hydrogen-bond donors (Lipinski definition) is 0. The van der Waals surface area contributed by atoms with E-state index in [0.717, 1.165) is 11.6 Å². The van der Waals surface area contributed by atoms with Gasteiger partial charge in [-0.25, -0.2) is 0 Å². The first-order valence-corrected chi connectivity index (χ1v) is 12.1. The Balaban J connectivity index is 1.98. The monoisotopic (exact) mass is 309 g/mol. The smallest absolute Gasteiger partial charge is 0.0799 e. The third-order valence-corrected chi connectivity index (χ3v) is 6.92. The second kappa shape index (κ2) is 6.37. The average molecular weight is 310 g/mol. The van der Waals surface area contributed by atoms with E-state index in [-0.39, 0.29) is 0 Å². The van der Waals surface area contributed by atoms with E-state index >= 15 is 0 Å². The van der Waals surface area contributed by atoms with Gasteiger partial charge in [-0.2, -0.15) is 0 Å². The van der Waals surface area contributed by atoms with Crippen molar-refractivity contribution >= 4 is 13.3 Å². The molecule has 116 valence electrons. The Hall–Kier alpha value is -1.41. The van der Waals surface area contributed by atoms with E-state index in [1.165, 1.54) is 37.7 Å². The molecule has 2 aromatic rings. The molecular weight excluding hydrogens is 282 g/mol. The van der Waals surface area contributed by atoms with Crippen LogP contribution >= 0.6 is 0 Å². The van der Waals surface area contributed by atoms with E-state index in [2.05, 4.69) is 62.2 Å². The molecule has 0 N–H and O–H groups in total. The Kier molecular flexibility index (Phi) is 4.48. The normalized spacial score (nSPS) is 16.1. The number of benzene rings is 1. The van der Waals surface area contributed by atoms with Crippen molar-refractivity contribution in [3.63, 3.8) is 0 Å². The highest BCUT2D eigenvalue weighted by atomic mass is 28.3. The topological polar surface area (TPSA) is 12.9 Å². The van der Waals surface area contributed by atoms with Crippen LogP contribution in [0.3, 0.4) is 0 Å². The van der Waals surface area contributed by atoms with Crippen LogP contribution in [-0.4, -0.2) is 13.1 Å². The van der Waals surface area contributed by atoms with Crippen LogP contribution in [0.4, 0.5) is 0 Å². The molecule has 0 bridgehead atoms. The van der Waals surface area contributed by atoms with Crippen LogP contribution in [0, 0.1) is 5.92 Å². The van der Waals surface area contributed by atoms with Gasteiger partial charge in [-0.3, -0.25) is 4.98 Å². The van der Waals surface area contributed by atoms with Gasteiger partial charge < -0.3 is 0 Å². The van der Waals surface area contributed by atoms with Crippen LogP contribution in [0.1, 0.15) is 31.2 Å². The zero-order valence-corrected chi connectivity index (χ0v) is 15.1.